The maximum atomic E-state index is 12.6. The van der Waals surface area contributed by atoms with Crippen LogP contribution in [0, 0.1) is 27.2 Å². The third-order valence-electron chi connectivity index (χ3n) is 5.71. The van der Waals surface area contributed by atoms with Crippen molar-refractivity contribution in [1.82, 2.24) is 4.90 Å². The second-order valence-corrected chi connectivity index (χ2v) is 8.26. The van der Waals surface area contributed by atoms with Gasteiger partial charge in [0, 0.05) is 22.2 Å². The van der Waals surface area contributed by atoms with E-state index in [0.29, 0.717) is 11.8 Å². The Labute approximate surface area is 154 Å². The number of hydrogen-bond acceptors (Lipinski definition) is 3. The van der Waals surface area contributed by atoms with Gasteiger partial charge in [0.25, 0.3) is 0 Å². The molecule has 4 rings (SSSR count). The Morgan fingerprint density at radius 1 is 1.08 bits per heavy atom. The molecule has 24 heavy (non-hydrogen) atoms. The van der Waals surface area contributed by atoms with E-state index in [9.17, 15) is 14.4 Å². The van der Waals surface area contributed by atoms with Gasteiger partial charge in [0.2, 0.25) is 17.7 Å². The van der Waals surface area contributed by atoms with Crippen LogP contribution in [-0.4, -0.2) is 29.2 Å². The quantitative estimate of drug-likeness (QED) is 0.581. The van der Waals surface area contributed by atoms with Crippen molar-refractivity contribution in [2.75, 3.05) is 11.9 Å². The molecule has 6 heteroatoms. The minimum Gasteiger partial charge on any atom is -0.326 e. The smallest absolute Gasteiger partial charge is 0.233 e. The van der Waals surface area contributed by atoms with Crippen LogP contribution < -0.4 is 5.32 Å². The molecule has 3 amide bonds. The van der Waals surface area contributed by atoms with Crippen LogP contribution in [0.25, 0.3) is 0 Å². The summed E-state index contributed by atoms with van der Waals surface area (Å²) in [5.41, 5.74) is 0.731. The van der Waals surface area contributed by atoms with Gasteiger partial charge in [-0.1, -0.05) is 0 Å². The fourth-order valence-corrected chi connectivity index (χ4v) is 5.02. The number of halogens is 1. The van der Waals surface area contributed by atoms with Gasteiger partial charge in [-0.2, -0.15) is 0 Å². The molecule has 0 spiro atoms. The standard InChI is InChI=1S/C18H19IN2O3/c19-12-3-5-13(6-4-12)20-14(22)7-8-21-17(23)15-10-1-2-11(9-10)16(15)18(21)24/h3-6,10-11,15-16H,1-2,7-9H2,(H,20,22)/t10-,11-,15+,16+/m0/s1. The zero-order valence-corrected chi connectivity index (χ0v) is 15.4. The lowest BCUT2D eigenvalue weighted by molar-refractivity contribution is -0.140. The topological polar surface area (TPSA) is 66.5 Å². The van der Waals surface area contributed by atoms with Crippen LogP contribution in [0.4, 0.5) is 5.69 Å². The first-order valence-corrected chi connectivity index (χ1v) is 9.53. The molecular formula is C18H19IN2O3. The van der Waals surface area contributed by atoms with Crippen LogP contribution in [-0.2, 0) is 14.4 Å². The number of amides is 3. The average Bonchev–Trinajstić information content (AvgIpc) is 3.23. The van der Waals surface area contributed by atoms with Gasteiger partial charge in [0.05, 0.1) is 11.8 Å². The number of imide groups is 1. The number of likely N-dealkylation sites (tertiary alicyclic amines) is 1. The first-order chi connectivity index (χ1) is 11.5. The van der Waals surface area contributed by atoms with E-state index in [1.807, 2.05) is 24.3 Å². The first kappa shape index (κ1) is 16.1. The molecule has 126 valence electrons. The number of carbonyl (C=O) groups is 3. The Hall–Kier alpha value is -1.44. The van der Waals surface area contributed by atoms with Gasteiger partial charge in [-0.25, -0.2) is 0 Å². The highest BCUT2D eigenvalue weighted by atomic mass is 127. The number of rotatable bonds is 4. The van der Waals surface area contributed by atoms with Crippen molar-refractivity contribution in [3.8, 4) is 0 Å². The highest BCUT2D eigenvalue weighted by molar-refractivity contribution is 14.1. The van der Waals surface area contributed by atoms with E-state index >= 15 is 0 Å². The maximum absolute atomic E-state index is 12.6. The van der Waals surface area contributed by atoms with Crippen molar-refractivity contribution in [3.63, 3.8) is 0 Å². The predicted octanol–water partition coefficient (Wildman–Crippen LogP) is 2.65. The second kappa shape index (κ2) is 6.13. The fourth-order valence-electron chi connectivity index (χ4n) is 4.66. The van der Waals surface area contributed by atoms with E-state index in [0.717, 1.165) is 28.5 Å². The number of carbonyl (C=O) groups excluding carboxylic acids is 3. The third kappa shape index (κ3) is 2.64. The number of benzene rings is 1. The monoisotopic (exact) mass is 438 g/mol. The van der Waals surface area contributed by atoms with E-state index < -0.39 is 0 Å². The number of nitrogens with one attached hydrogen (secondary N) is 1. The summed E-state index contributed by atoms with van der Waals surface area (Å²) in [7, 11) is 0. The molecule has 1 aliphatic heterocycles. The number of fused-ring (bicyclic) bond motifs is 5. The Bertz CT molecular complexity index is 675. The summed E-state index contributed by atoms with van der Waals surface area (Å²) >= 11 is 2.20. The summed E-state index contributed by atoms with van der Waals surface area (Å²) in [6, 6.07) is 7.52. The highest BCUT2D eigenvalue weighted by Gasteiger charge is 2.60. The van der Waals surface area contributed by atoms with Crippen molar-refractivity contribution >= 4 is 46.0 Å². The minimum absolute atomic E-state index is 0.0423. The summed E-state index contributed by atoms with van der Waals surface area (Å²) in [6.45, 7) is 0.195. The Morgan fingerprint density at radius 2 is 1.67 bits per heavy atom. The van der Waals surface area contributed by atoms with Crippen LogP contribution >= 0.6 is 22.6 Å². The highest BCUT2D eigenvalue weighted by Crippen LogP contribution is 2.56. The van der Waals surface area contributed by atoms with Gasteiger partial charge in [-0.3, -0.25) is 19.3 Å². The summed E-state index contributed by atoms with van der Waals surface area (Å²) < 4.78 is 1.10. The van der Waals surface area contributed by atoms with E-state index in [-0.39, 0.29) is 42.5 Å². The third-order valence-corrected chi connectivity index (χ3v) is 6.43. The molecule has 1 aromatic rings. The van der Waals surface area contributed by atoms with Gasteiger partial charge < -0.3 is 5.32 Å². The molecule has 3 aliphatic rings. The van der Waals surface area contributed by atoms with E-state index in [4.69, 9.17) is 0 Å². The van der Waals surface area contributed by atoms with Crippen LogP contribution in [0.15, 0.2) is 24.3 Å². The average molecular weight is 438 g/mol. The molecule has 2 saturated carbocycles. The zero-order chi connectivity index (χ0) is 16.8. The van der Waals surface area contributed by atoms with E-state index in [2.05, 4.69) is 27.9 Å². The first-order valence-electron chi connectivity index (χ1n) is 8.45. The minimum atomic E-state index is -0.170. The summed E-state index contributed by atoms with van der Waals surface area (Å²) in [5.74, 6) is 0.325. The zero-order valence-electron chi connectivity index (χ0n) is 13.2. The van der Waals surface area contributed by atoms with Crippen molar-refractivity contribution < 1.29 is 14.4 Å². The Kier molecular flexibility index (Phi) is 4.10. The van der Waals surface area contributed by atoms with Crippen molar-refractivity contribution in [1.29, 1.82) is 0 Å². The van der Waals surface area contributed by atoms with Crippen molar-refractivity contribution in [2.24, 2.45) is 23.7 Å². The van der Waals surface area contributed by atoms with Crippen molar-refractivity contribution in [2.45, 2.75) is 25.7 Å². The molecule has 5 nitrogen and oxygen atoms in total. The second-order valence-electron chi connectivity index (χ2n) is 7.02. The summed E-state index contributed by atoms with van der Waals surface area (Å²) in [5, 5.41) is 2.81. The van der Waals surface area contributed by atoms with Crippen LogP contribution in [0.5, 0.6) is 0 Å². The number of hydrogen-bond donors (Lipinski definition) is 1. The molecule has 1 aromatic carbocycles. The molecule has 0 radical (unpaired) electrons. The number of anilines is 1. The lowest BCUT2D eigenvalue weighted by Gasteiger charge is -2.19. The van der Waals surface area contributed by atoms with Gasteiger partial charge >= 0.3 is 0 Å². The molecular weight excluding hydrogens is 419 g/mol. The molecule has 3 fully saturated rings. The SMILES string of the molecule is O=C(CCN1C(=O)[C@@H]2[C@H]3CC[C@@H](C3)[C@H]2C1=O)Nc1ccc(I)cc1. The van der Waals surface area contributed by atoms with Crippen molar-refractivity contribution in [3.05, 3.63) is 27.8 Å². The molecule has 0 aromatic heterocycles. The van der Waals surface area contributed by atoms with Gasteiger partial charge in [0.15, 0.2) is 0 Å². The lowest BCUT2D eigenvalue weighted by atomic mass is 9.81. The fraction of sp³-hybridized carbons (Fsp3) is 0.500. The van der Waals surface area contributed by atoms with Gasteiger partial charge in [0.1, 0.15) is 0 Å². The summed E-state index contributed by atoms with van der Waals surface area (Å²) in [4.78, 5) is 38.6. The summed E-state index contributed by atoms with van der Waals surface area (Å²) in [6.07, 6.45) is 3.34. The van der Waals surface area contributed by atoms with Gasteiger partial charge in [-0.05, 0) is 78.0 Å². The molecule has 1 saturated heterocycles. The Morgan fingerprint density at radius 3 is 2.25 bits per heavy atom. The van der Waals surface area contributed by atoms with E-state index in [1.165, 1.54) is 4.90 Å². The molecule has 2 bridgehead atoms. The number of nitrogens with zero attached hydrogens (tertiary/aromatic N) is 1. The largest absolute Gasteiger partial charge is 0.326 e. The lowest BCUT2D eigenvalue weighted by Crippen LogP contribution is -2.35. The van der Waals surface area contributed by atoms with Crippen LogP contribution in [0.1, 0.15) is 25.7 Å². The Balaban J connectivity index is 1.36. The molecule has 0 unspecified atom stereocenters. The normalized spacial score (nSPS) is 30.8. The van der Waals surface area contributed by atoms with E-state index in [1.54, 1.807) is 0 Å². The predicted molar refractivity (Wildman–Crippen MR) is 96.9 cm³/mol. The van der Waals surface area contributed by atoms with Crippen LogP contribution in [0.3, 0.4) is 0 Å². The van der Waals surface area contributed by atoms with Gasteiger partial charge in [-0.15, -0.1) is 0 Å². The van der Waals surface area contributed by atoms with Crippen LogP contribution in [0.2, 0.25) is 0 Å². The maximum Gasteiger partial charge on any atom is 0.233 e. The molecule has 4 atom stereocenters. The molecule has 1 N–H and O–H groups in total. The molecule has 1 heterocycles. The molecule has 2 aliphatic carbocycles.